The van der Waals surface area contributed by atoms with Gasteiger partial charge in [-0.15, -0.1) is 0 Å². The van der Waals surface area contributed by atoms with Gasteiger partial charge in [-0.25, -0.2) is 4.79 Å². The molecule has 114 valence electrons. The molecule has 1 atom stereocenters. The van der Waals surface area contributed by atoms with E-state index in [0.717, 1.165) is 18.8 Å². The summed E-state index contributed by atoms with van der Waals surface area (Å²) in [5, 5.41) is 0. The molecule has 2 aliphatic rings. The Morgan fingerprint density at radius 3 is 2.14 bits per heavy atom. The minimum atomic E-state index is 0.117. The van der Waals surface area contributed by atoms with Crippen molar-refractivity contribution in [1.29, 1.82) is 0 Å². The zero-order valence-corrected chi connectivity index (χ0v) is 13.2. The van der Waals surface area contributed by atoms with Crippen LogP contribution in [0.5, 0.6) is 0 Å². The van der Waals surface area contributed by atoms with Gasteiger partial charge in [0.1, 0.15) is 0 Å². The highest BCUT2D eigenvalue weighted by atomic mass is 16.2. The van der Waals surface area contributed by atoms with E-state index in [2.05, 4.69) is 45.0 Å². The van der Waals surface area contributed by atoms with Crippen LogP contribution in [0.3, 0.4) is 0 Å². The van der Waals surface area contributed by atoms with Gasteiger partial charge in [0.15, 0.2) is 0 Å². The molecule has 3 rings (SSSR count). The number of hydrogen-bond donors (Lipinski definition) is 1. The summed E-state index contributed by atoms with van der Waals surface area (Å²) in [6.45, 7) is 7.79. The lowest BCUT2D eigenvalue weighted by Gasteiger charge is -2.23. The molecule has 1 unspecified atom stereocenters. The van der Waals surface area contributed by atoms with Crippen molar-refractivity contribution in [1.82, 2.24) is 4.90 Å². The van der Waals surface area contributed by atoms with E-state index in [1.807, 2.05) is 9.80 Å². The fourth-order valence-electron chi connectivity index (χ4n) is 3.39. The van der Waals surface area contributed by atoms with Gasteiger partial charge >= 0.3 is 6.03 Å². The zero-order valence-electron chi connectivity index (χ0n) is 13.2. The smallest absolute Gasteiger partial charge is 0.324 e. The maximum Gasteiger partial charge on any atom is 0.324 e. The van der Waals surface area contributed by atoms with E-state index >= 15 is 0 Å². The number of hydrogen-bond acceptors (Lipinski definition) is 2. The van der Waals surface area contributed by atoms with Crippen molar-refractivity contribution in [2.75, 3.05) is 18.0 Å². The number of benzene rings is 1. The summed E-state index contributed by atoms with van der Waals surface area (Å²) in [5.41, 5.74) is 8.61. The molecule has 0 bridgehead atoms. The molecule has 1 heterocycles. The van der Waals surface area contributed by atoms with Gasteiger partial charge in [-0.05, 0) is 51.3 Å². The second kappa shape index (κ2) is 5.02. The Kier molecular flexibility index (Phi) is 3.44. The molecule has 0 radical (unpaired) electrons. The van der Waals surface area contributed by atoms with Crippen molar-refractivity contribution >= 4 is 11.7 Å². The van der Waals surface area contributed by atoms with Gasteiger partial charge in [0, 0.05) is 36.3 Å². The molecule has 2 amide bonds. The van der Waals surface area contributed by atoms with Crippen molar-refractivity contribution in [3.63, 3.8) is 0 Å². The average molecular weight is 287 g/mol. The van der Waals surface area contributed by atoms with Crippen LogP contribution >= 0.6 is 0 Å². The van der Waals surface area contributed by atoms with Crippen LogP contribution in [0.1, 0.15) is 39.2 Å². The zero-order chi connectivity index (χ0) is 15.2. The summed E-state index contributed by atoms with van der Waals surface area (Å²) in [6.07, 6.45) is 2.35. The summed E-state index contributed by atoms with van der Waals surface area (Å²) in [5.74, 6) is 0. The van der Waals surface area contributed by atoms with Crippen molar-refractivity contribution in [2.24, 2.45) is 5.73 Å². The minimum Gasteiger partial charge on any atom is -0.327 e. The molecule has 1 aliphatic carbocycles. The van der Waals surface area contributed by atoms with E-state index in [0.29, 0.717) is 0 Å². The topological polar surface area (TPSA) is 49.6 Å². The molecule has 2 N–H and O–H groups in total. The van der Waals surface area contributed by atoms with E-state index in [1.165, 1.54) is 18.4 Å². The van der Waals surface area contributed by atoms with Gasteiger partial charge in [-0.1, -0.05) is 12.1 Å². The molecule has 1 aromatic carbocycles. The third-order valence-corrected chi connectivity index (χ3v) is 5.08. The number of amides is 2. The first-order valence-electron chi connectivity index (χ1n) is 7.90. The van der Waals surface area contributed by atoms with Crippen molar-refractivity contribution in [2.45, 2.75) is 51.1 Å². The number of anilines is 1. The summed E-state index contributed by atoms with van der Waals surface area (Å²) >= 11 is 0. The molecule has 1 saturated carbocycles. The van der Waals surface area contributed by atoms with Gasteiger partial charge in [-0.3, -0.25) is 4.90 Å². The predicted octanol–water partition coefficient (Wildman–Crippen LogP) is 2.72. The van der Waals surface area contributed by atoms with Crippen LogP contribution in [0.4, 0.5) is 10.5 Å². The summed E-state index contributed by atoms with van der Waals surface area (Å²) < 4.78 is 0. The molecule has 4 heteroatoms. The number of carbonyl (C=O) groups is 1. The summed E-state index contributed by atoms with van der Waals surface area (Å²) in [7, 11) is 0. The van der Waals surface area contributed by atoms with E-state index < -0.39 is 0 Å². The van der Waals surface area contributed by atoms with E-state index in [9.17, 15) is 4.79 Å². The van der Waals surface area contributed by atoms with Crippen molar-refractivity contribution < 1.29 is 4.79 Å². The third kappa shape index (κ3) is 2.31. The number of carbonyl (C=O) groups excluding carboxylic acids is 1. The van der Waals surface area contributed by atoms with Gasteiger partial charge in [0.2, 0.25) is 0 Å². The maximum absolute atomic E-state index is 12.4. The van der Waals surface area contributed by atoms with Crippen LogP contribution in [-0.4, -0.2) is 36.1 Å². The average Bonchev–Trinajstić information content (AvgIpc) is 3.17. The van der Waals surface area contributed by atoms with Gasteiger partial charge in [0.05, 0.1) is 0 Å². The molecule has 2 fully saturated rings. The lowest BCUT2D eigenvalue weighted by Crippen LogP contribution is -2.36. The second-order valence-electron chi connectivity index (χ2n) is 6.71. The minimum absolute atomic E-state index is 0.117. The van der Waals surface area contributed by atoms with Crippen LogP contribution in [0, 0.1) is 0 Å². The Balaban J connectivity index is 1.78. The van der Waals surface area contributed by atoms with Crippen LogP contribution in [-0.2, 0) is 5.41 Å². The first-order valence-corrected chi connectivity index (χ1v) is 7.90. The van der Waals surface area contributed by atoms with Crippen LogP contribution in [0.15, 0.2) is 24.3 Å². The van der Waals surface area contributed by atoms with Crippen molar-refractivity contribution in [3.8, 4) is 0 Å². The molecule has 0 spiro atoms. The molecule has 1 aromatic rings. The molecular formula is C17H25N3O. The Labute approximate surface area is 126 Å². The van der Waals surface area contributed by atoms with E-state index in [4.69, 9.17) is 5.73 Å². The molecule has 4 nitrogen and oxygen atoms in total. The molecular weight excluding hydrogens is 262 g/mol. The normalized spacial score (nSPS) is 22.0. The third-order valence-electron chi connectivity index (χ3n) is 5.08. The van der Waals surface area contributed by atoms with Gasteiger partial charge < -0.3 is 10.6 Å². The van der Waals surface area contributed by atoms with Gasteiger partial charge in [-0.2, -0.15) is 0 Å². The summed E-state index contributed by atoms with van der Waals surface area (Å²) in [4.78, 5) is 16.2. The van der Waals surface area contributed by atoms with E-state index in [1.54, 1.807) is 0 Å². The van der Waals surface area contributed by atoms with E-state index in [-0.39, 0.29) is 23.5 Å². The Morgan fingerprint density at radius 1 is 1.10 bits per heavy atom. The highest BCUT2D eigenvalue weighted by Crippen LogP contribution is 2.50. The second-order valence-corrected chi connectivity index (χ2v) is 6.71. The maximum atomic E-state index is 12.4. The number of nitrogens with two attached hydrogens (primary N) is 1. The first kappa shape index (κ1) is 14.4. The Morgan fingerprint density at radius 2 is 1.71 bits per heavy atom. The number of urea groups is 1. The number of rotatable bonds is 4. The Bertz CT molecular complexity index is 531. The highest BCUT2D eigenvalue weighted by Gasteiger charge is 2.47. The fourth-order valence-corrected chi connectivity index (χ4v) is 3.39. The SMILES string of the molecule is CC(C)N1CCN(c2ccc(C3(C(C)N)CC3)cc2)C1=O. The van der Waals surface area contributed by atoms with Crippen LogP contribution < -0.4 is 10.6 Å². The lowest BCUT2D eigenvalue weighted by atomic mass is 9.89. The molecule has 21 heavy (non-hydrogen) atoms. The highest BCUT2D eigenvalue weighted by molar-refractivity contribution is 5.94. The lowest BCUT2D eigenvalue weighted by molar-refractivity contribution is 0.209. The van der Waals surface area contributed by atoms with Crippen LogP contribution in [0.2, 0.25) is 0 Å². The van der Waals surface area contributed by atoms with Gasteiger partial charge in [0.25, 0.3) is 0 Å². The fraction of sp³-hybridized carbons (Fsp3) is 0.588. The monoisotopic (exact) mass is 287 g/mol. The molecule has 0 aromatic heterocycles. The van der Waals surface area contributed by atoms with Crippen molar-refractivity contribution in [3.05, 3.63) is 29.8 Å². The summed E-state index contributed by atoms with van der Waals surface area (Å²) in [6, 6.07) is 9.00. The first-order chi connectivity index (χ1) is 9.95. The largest absolute Gasteiger partial charge is 0.327 e. The standard InChI is InChI=1S/C17H25N3O/c1-12(2)19-10-11-20(16(19)21)15-6-4-14(5-7-15)17(8-9-17)13(3)18/h4-7,12-13H,8-11,18H2,1-3H3. The predicted molar refractivity (Wildman–Crippen MR) is 85.6 cm³/mol. The quantitative estimate of drug-likeness (QED) is 0.925. The Hall–Kier alpha value is -1.55. The number of nitrogens with zero attached hydrogens (tertiary/aromatic N) is 2. The molecule has 1 aliphatic heterocycles. The van der Waals surface area contributed by atoms with Crippen LogP contribution in [0.25, 0.3) is 0 Å². The molecule has 1 saturated heterocycles.